The maximum atomic E-state index is 12.7. The smallest absolute Gasteiger partial charge is 0.326 e. The fraction of sp³-hybridized carbons (Fsp3) is 0.375. The van der Waals surface area contributed by atoms with Gasteiger partial charge in [-0.25, -0.2) is 4.79 Å². The number of carboxylic acid groups (broad SMARTS) is 1. The molecule has 126 valence electrons. The number of likely N-dealkylation sites (tertiary alicyclic amines) is 1. The number of nitrogens with zero attached hydrogens (tertiary/aromatic N) is 2. The maximum absolute atomic E-state index is 12.7. The number of carbonyl (C=O) groups is 2. The van der Waals surface area contributed by atoms with Crippen molar-refractivity contribution in [1.29, 1.82) is 0 Å². The Hall–Kier alpha value is -2.48. The van der Waals surface area contributed by atoms with Gasteiger partial charge >= 0.3 is 5.97 Å². The zero-order valence-electron chi connectivity index (χ0n) is 13.0. The standard InChI is InChI=1S/C16H16N2O5S/c1-9-4-5-17(12(6-9)16(20)21)15(19)14-8-10-7-11(18(22)23)2-3-13(10)24-14/h2-3,7-9,12H,4-6H2,1H3,(H,20,21). The number of carbonyl (C=O) groups excluding carboxylic acids is 1. The topological polar surface area (TPSA) is 101 Å². The SMILES string of the molecule is CC1CCN(C(=O)c2cc3cc([N+](=O)[O-])ccc3s2)C(C(=O)O)C1. The van der Waals surface area contributed by atoms with Crippen LogP contribution in [0.2, 0.25) is 0 Å². The van der Waals surface area contributed by atoms with Gasteiger partial charge in [-0.15, -0.1) is 11.3 Å². The van der Waals surface area contributed by atoms with Crippen molar-refractivity contribution in [3.63, 3.8) is 0 Å². The third-order valence-corrected chi connectivity index (χ3v) is 5.44. The quantitative estimate of drug-likeness (QED) is 0.678. The minimum Gasteiger partial charge on any atom is -0.480 e. The fourth-order valence-electron chi connectivity index (χ4n) is 3.01. The predicted molar refractivity (Wildman–Crippen MR) is 89.3 cm³/mol. The first-order valence-electron chi connectivity index (χ1n) is 7.58. The lowest BCUT2D eigenvalue weighted by Crippen LogP contribution is -2.49. The first-order chi connectivity index (χ1) is 11.4. The van der Waals surface area contributed by atoms with Crippen molar-refractivity contribution in [2.45, 2.75) is 25.8 Å². The summed E-state index contributed by atoms with van der Waals surface area (Å²) < 4.78 is 0.765. The van der Waals surface area contributed by atoms with E-state index in [2.05, 4.69) is 0 Å². The lowest BCUT2D eigenvalue weighted by Gasteiger charge is -2.35. The summed E-state index contributed by atoms with van der Waals surface area (Å²) in [6.45, 7) is 2.39. The third kappa shape index (κ3) is 2.96. The third-order valence-electron chi connectivity index (χ3n) is 4.33. The van der Waals surface area contributed by atoms with Crippen LogP contribution in [-0.2, 0) is 4.79 Å². The number of rotatable bonds is 3. The number of piperidine rings is 1. The second-order valence-corrected chi connectivity index (χ2v) is 7.16. The molecule has 1 fully saturated rings. The first kappa shape index (κ1) is 16.4. The molecule has 0 spiro atoms. The van der Waals surface area contributed by atoms with Crippen molar-refractivity contribution in [2.24, 2.45) is 5.92 Å². The highest BCUT2D eigenvalue weighted by molar-refractivity contribution is 7.20. The number of benzene rings is 1. The van der Waals surface area contributed by atoms with Gasteiger partial charge in [0.2, 0.25) is 0 Å². The van der Waals surface area contributed by atoms with Gasteiger partial charge in [0, 0.05) is 28.8 Å². The van der Waals surface area contributed by atoms with Crippen molar-refractivity contribution < 1.29 is 19.6 Å². The van der Waals surface area contributed by atoms with Crippen LogP contribution >= 0.6 is 11.3 Å². The summed E-state index contributed by atoms with van der Waals surface area (Å²) in [6, 6.07) is 5.22. The Morgan fingerprint density at radius 2 is 2.12 bits per heavy atom. The Kier molecular flexibility index (Phi) is 4.23. The highest BCUT2D eigenvalue weighted by Crippen LogP contribution is 2.31. The molecule has 24 heavy (non-hydrogen) atoms. The van der Waals surface area contributed by atoms with Crippen molar-refractivity contribution >= 4 is 39.0 Å². The van der Waals surface area contributed by atoms with Gasteiger partial charge in [0.05, 0.1) is 9.80 Å². The number of carboxylic acids is 1. The van der Waals surface area contributed by atoms with Gasteiger partial charge in [0.15, 0.2) is 0 Å². The summed E-state index contributed by atoms with van der Waals surface area (Å²) in [5, 5.41) is 20.9. The molecule has 1 aromatic carbocycles. The molecule has 0 aliphatic carbocycles. The predicted octanol–water partition coefficient (Wildman–Crippen LogP) is 3.13. The zero-order chi connectivity index (χ0) is 17.4. The highest BCUT2D eigenvalue weighted by Gasteiger charge is 2.35. The molecule has 1 aliphatic rings. The van der Waals surface area contributed by atoms with Gasteiger partial charge in [-0.05, 0) is 30.9 Å². The molecule has 1 saturated heterocycles. The largest absolute Gasteiger partial charge is 0.480 e. The Balaban J connectivity index is 1.92. The first-order valence-corrected chi connectivity index (χ1v) is 8.40. The summed E-state index contributed by atoms with van der Waals surface area (Å²) in [6.07, 6.45) is 1.21. The minimum absolute atomic E-state index is 0.0329. The highest BCUT2D eigenvalue weighted by atomic mass is 32.1. The summed E-state index contributed by atoms with van der Waals surface area (Å²) in [5.41, 5.74) is -0.0329. The molecular weight excluding hydrogens is 332 g/mol. The molecule has 0 radical (unpaired) electrons. The fourth-order valence-corrected chi connectivity index (χ4v) is 4.01. The van der Waals surface area contributed by atoms with E-state index in [0.717, 1.165) is 11.1 Å². The molecule has 0 bridgehead atoms. The van der Waals surface area contributed by atoms with Gasteiger partial charge < -0.3 is 10.0 Å². The number of fused-ring (bicyclic) bond motifs is 1. The van der Waals surface area contributed by atoms with Gasteiger partial charge in [-0.3, -0.25) is 14.9 Å². The Morgan fingerprint density at radius 1 is 1.38 bits per heavy atom. The summed E-state index contributed by atoms with van der Waals surface area (Å²) in [5.74, 6) is -1.05. The molecule has 2 atom stereocenters. The van der Waals surface area contributed by atoms with E-state index in [1.807, 2.05) is 6.92 Å². The van der Waals surface area contributed by atoms with E-state index in [1.54, 1.807) is 12.1 Å². The molecular formula is C16H16N2O5S. The van der Waals surface area contributed by atoms with Crippen molar-refractivity contribution in [1.82, 2.24) is 4.90 Å². The van der Waals surface area contributed by atoms with Gasteiger partial charge in [-0.2, -0.15) is 0 Å². The molecule has 2 unspecified atom stereocenters. The second-order valence-electron chi connectivity index (χ2n) is 6.07. The van der Waals surface area contributed by atoms with Crippen molar-refractivity contribution in [3.05, 3.63) is 39.3 Å². The molecule has 1 aromatic heterocycles. The molecule has 1 amide bonds. The van der Waals surface area contributed by atoms with Crippen LogP contribution in [0.5, 0.6) is 0 Å². The average molecular weight is 348 g/mol. The van der Waals surface area contributed by atoms with Crippen LogP contribution in [0.3, 0.4) is 0 Å². The minimum atomic E-state index is -0.994. The van der Waals surface area contributed by atoms with Crippen LogP contribution in [0.15, 0.2) is 24.3 Å². The molecule has 7 nitrogen and oxygen atoms in total. The number of nitro benzene ring substituents is 1. The van der Waals surface area contributed by atoms with E-state index in [0.29, 0.717) is 23.2 Å². The van der Waals surface area contributed by atoms with E-state index in [9.17, 15) is 24.8 Å². The maximum Gasteiger partial charge on any atom is 0.326 e. The summed E-state index contributed by atoms with van der Waals surface area (Å²) in [4.78, 5) is 36.4. The number of aliphatic carboxylic acids is 1. The number of thiophene rings is 1. The normalized spacial score (nSPS) is 21.0. The van der Waals surface area contributed by atoms with Crippen LogP contribution in [0, 0.1) is 16.0 Å². The number of hydrogen-bond donors (Lipinski definition) is 1. The van der Waals surface area contributed by atoms with E-state index < -0.39 is 16.9 Å². The van der Waals surface area contributed by atoms with E-state index in [-0.39, 0.29) is 17.5 Å². The molecule has 2 aromatic rings. The Bertz CT molecular complexity index is 831. The number of amides is 1. The van der Waals surface area contributed by atoms with Gasteiger partial charge in [0.25, 0.3) is 11.6 Å². The second kappa shape index (κ2) is 6.20. The van der Waals surface area contributed by atoms with Crippen molar-refractivity contribution in [2.75, 3.05) is 6.54 Å². The van der Waals surface area contributed by atoms with Gasteiger partial charge in [-0.1, -0.05) is 6.92 Å². The van der Waals surface area contributed by atoms with Crippen molar-refractivity contribution in [3.8, 4) is 0 Å². The summed E-state index contributed by atoms with van der Waals surface area (Å²) in [7, 11) is 0. The summed E-state index contributed by atoms with van der Waals surface area (Å²) >= 11 is 1.23. The van der Waals surface area contributed by atoms with Crippen LogP contribution in [0.1, 0.15) is 29.4 Å². The molecule has 8 heteroatoms. The van der Waals surface area contributed by atoms with Crippen LogP contribution in [0.25, 0.3) is 10.1 Å². The lowest BCUT2D eigenvalue weighted by atomic mass is 9.92. The van der Waals surface area contributed by atoms with E-state index >= 15 is 0 Å². The van der Waals surface area contributed by atoms with Crippen LogP contribution < -0.4 is 0 Å². The Labute approximate surface area is 141 Å². The monoisotopic (exact) mass is 348 g/mol. The number of non-ortho nitro benzene ring substituents is 1. The molecule has 0 saturated carbocycles. The zero-order valence-corrected chi connectivity index (χ0v) is 13.8. The molecule has 2 heterocycles. The Morgan fingerprint density at radius 3 is 2.79 bits per heavy atom. The number of hydrogen-bond acceptors (Lipinski definition) is 5. The van der Waals surface area contributed by atoms with Crippen LogP contribution in [0.4, 0.5) is 5.69 Å². The molecule has 3 rings (SSSR count). The van der Waals surface area contributed by atoms with E-state index in [4.69, 9.17) is 0 Å². The van der Waals surface area contributed by atoms with E-state index in [1.165, 1.54) is 28.4 Å². The molecule has 1 aliphatic heterocycles. The van der Waals surface area contributed by atoms with Gasteiger partial charge in [0.1, 0.15) is 6.04 Å². The average Bonchev–Trinajstić information content (AvgIpc) is 2.97. The molecule has 1 N–H and O–H groups in total. The number of nitro groups is 1. The van der Waals surface area contributed by atoms with Crippen LogP contribution in [-0.4, -0.2) is 39.4 Å². The lowest BCUT2D eigenvalue weighted by molar-refractivity contribution is -0.384.